The minimum absolute atomic E-state index is 0.142. The summed E-state index contributed by atoms with van der Waals surface area (Å²) in [5.41, 5.74) is 3.05. The molecule has 0 aromatic heterocycles. The van der Waals surface area contributed by atoms with Crippen LogP contribution in [0.3, 0.4) is 0 Å². The molecule has 1 aliphatic rings. The summed E-state index contributed by atoms with van der Waals surface area (Å²) in [5, 5.41) is 9.50. The lowest BCUT2D eigenvalue weighted by atomic mass is 10.1. The molecule has 1 saturated heterocycles. The van der Waals surface area contributed by atoms with Crippen LogP contribution in [-0.2, 0) is 15.8 Å². The molecule has 1 amide bonds. The second kappa shape index (κ2) is 8.26. The van der Waals surface area contributed by atoms with E-state index in [4.69, 9.17) is 16.8 Å². The van der Waals surface area contributed by atoms with E-state index in [-0.39, 0.29) is 11.3 Å². The maximum absolute atomic E-state index is 12.8. The zero-order valence-electron chi connectivity index (χ0n) is 14.5. The summed E-state index contributed by atoms with van der Waals surface area (Å²) in [6.07, 6.45) is 0. The average Bonchev–Trinajstić information content (AvgIpc) is 2.68. The number of sulfonamides is 1. The molecule has 1 heterocycles. The van der Waals surface area contributed by atoms with Crippen LogP contribution in [0.5, 0.6) is 0 Å². The molecule has 0 aliphatic carbocycles. The van der Waals surface area contributed by atoms with Crippen molar-refractivity contribution >= 4 is 33.2 Å². The normalized spacial score (nSPS) is 15.6. The molecule has 2 N–H and O–H groups in total. The lowest BCUT2D eigenvalue weighted by Gasteiger charge is -2.35. The molecule has 0 radical (unpaired) electrons. The molecule has 1 aliphatic heterocycles. The van der Waals surface area contributed by atoms with Gasteiger partial charge in [0.25, 0.3) is 5.91 Å². The SMILES string of the molecule is O=C(NO)c1ccccc1CS(=O)(=O)N1CCN(c2ccc(Cl)cc2)CC1. The number of benzene rings is 2. The molecule has 144 valence electrons. The van der Waals surface area contributed by atoms with Crippen molar-refractivity contribution < 1.29 is 18.4 Å². The number of hydroxylamine groups is 1. The topological polar surface area (TPSA) is 89.9 Å². The van der Waals surface area contributed by atoms with Gasteiger partial charge in [0.05, 0.1) is 5.75 Å². The third-order valence-corrected chi connectivity index (χ3v) is 6.60. The number of hydrogen-bond donors (Lipinski definition) is 2. The van der Waals surface area contributed by atoms with Gasteiger partial charge in [-0.25, -0.2) is 13.9 Å². The number of nitrogens with zero attached hydrogens (tertiary/aromatic N) is 2. The minimum Gasteiger partial charge on any atom is -0.369 e. The van der Waals surface area contributed by atoms with E-state index in [0.717, 1.165) is 5.69 Å². The summed E-state index contributed by atoms with van der Waals surface area (Å²) < 4.78 is 27.0. The Morgan fingerprint density at radius 1 is 1.04 bits per heavy atom. The summed E-state index contributed by atoms with van der Waals surface area (Å²) in [4.78, 5) is 13.8. The Balaban J connectivity index is 1.69. The molecule has 0 unspecified atom stereocenters. The van der Waals surface area contributed by atoms with E-state index in [2.05, 4.69) is 4.90 Å². The van der Waals surface area contributed by atoms with E-state index >= 15 is 0 Å². The molecular weight excluding hydrogens is 390 g/mol. The number of rotatable bonds is 5. The Morgan fingerprint density at radius 3 is 2.30 bits per heavy atom. The molecule has 9 heteroatoms. The zero-order chi connectivity index (χ0) is 19.4. The molecule has 3 rings (SSSR count). The van der Waals surface area contributed by atoms with Gasteiger partial charge in [-0.2, -0.15) is 4.31 Å². The van der Waals surface area contributed by atoms with E-state index < -0.39 is 15.9 Å². The molecule has 1 fully saturated rings. The fourth-order valence-electron chi connectivity index (χ4n) is 3.09. The summed E-state index contributed by atoms with van der Waals surface area (Å²) in [5.74, 6) is -1.02. The van der Waals surface area contributed by atoms with Crippen molar-refractivity contribution in [1.29, 1.82) is 0 Å². The highest BCUT2D eigenvalue weighted by Gasteiger charge is 2.28. The molecule has 2 aromatic carbocycles. The smallest absolute Gasteiger partial charge is 0.274 e. The Labute approximate surface area is 163 Å². The fraction of sp³-hybridized carbons (Fsp3) is 0.278. The number of carbonyl (C=O) groups is 1. The van der Waals surface area contributed by atoms with Crippen LogP contribution in [0.1, 0.15) is 15.9 Å². The van der Waals surface area contributed by atoms with Crippen LogP contribution in [0.15, 0.2) is 48.5 Å². The van der Waals surface area contributed by atoms with Crippen LogP contribution >= 0.6 is 11.6 Å². The summed E-state index contributed by atoms with van der Waals surface area (Å²) in [6, 6.07) is 13.8. The van der Waals surface area contributed by atoms with Gasteiger partial charge < -0.3 is 4.90 Å². The van der Waals surface area contributed by atoms with E-state index in [1.54, 1.807) is 23.7 Å². The molecule has 7 nitrogen and oxygen atoms in total. The first kappa shape index (κ1) is 19.6. The van der Waals surface area contributed by atoms with Crippen molar-refractivity contribution in [1.82, 2.24) is 9.79 Å². The van der Waals surface area contributed by atoms with Gasteiger partial charge in [0.1, 0.15) is 0 Å². The third-order valence-electron chi connectivity index (χ3n) is 4.53. The summed E-state index contributed by atoms with van der Waals surface area (Å²) in [6.45, 7) is 1.86. The first-order chi connectivity index (χ1) is 12.9. The number of anilines is 1. The molecule has 0 spiro atoms. The van der Waals surface area contributed by atoms with Crippen molar-refractivity contribution in [2.24, 2.45) is 0 Å². The average molecular weight is 410 g/mol. The lowest BCUT2D eigenvalue weighted by Crippen LogP contribution is -2.49. The van der Waals surface area contributed by atoms with Crippen molar-refractivity contribution in [3.8, 4) is 0 Å². The van der Waals surface area contributed by atoms with Crippen molar-refractivity contribution in [2.75, 3.05) is 31.1 Å². The Bertz CT molecular complexity index is 910. The minimum atomic E-state index is -3.59. The molecule has 2 aromatic rings. The number of halogens is 1. The number of amides is 1. The number of piperazine rings is 1. The fourth-order valence-corrected chi connectivity index (χ4v) is 4.77. The third kappa shape index (κ3) is 4.59. The highest BCUT2D eigenvalue weighted by molar-refractivity contribution is 7.88. The van der Waals surface area contributed by atoms with Crippen LogP contribution in [-0.4, -0.2) is 50.0 Å². The van der Waals surface area contributed by atoms with Crippen LogP contribution in [0.25, 0.3) is 0 Å². The van der Waals surface area contributed by atoms with Crippen LogP contribution < -0.4 is 10.4 Å². The van der Waals surface area contributed by atoms with Gasteiger partial charge >= 0.3 is 0 Å². The van der Waals surface area contributed by atoms with Gasteiger partial charge in [0.15, 0.2) is 0 Å². The zero-order valence-corrected chi connectivity index (χ0v) is 16.1. The largest absolute Gasteiger partial charge is 0.369 e. The van der Waals surface area contributed by atoms with E-state index in [9.17, 15) is 13.2 Å². The summed E-state index contributed by atoms with van der Waals surface area (Å²) >= 11 is 5.91. The van der Waals surface area contributed by atoms with Gasteiger partial charge in [-0.1, -0.05) is 29.8 Å². The number of nitrogens with one attached hydrogen (secondary N) is 1. The van der Waals surface area contributed by atoms with Crippen molar-refractivity contribution in [2.45, 2.75) is 5.75 Å². The van der Waals surface area contributed by atoms with E-state index in [0.29, 0.717) is 36.8 Å². The van der Waals surface area contributed by atoms with Gasteiger partial charge in [0, 0.05) is 42.5 Å². The first-order valence-corrected chi connectivity index (χ1v) is 10.4. The number of hydrogen-bond acceptors (Lipinski definition) is 5. The Hall–Kier alpha value is -2.13. The Kier molecular flexibility index (Phi) is 6.01. The second-order valence-corrected chi connectivity index (χ2v) is 8.62. The maximum Gasteiger partial charge on any atom is 0.274 e. The van der Waals surface area contributed by atoms with Crippen LogP contribution in [0.2, 0.25) is 5.02 Å². The van der Waals surface area contributed by atoms with Crippen LogP contribution in [0, 0.1) is 0 Å². The van der Waals surface area contributed by atoms with Crippen molar-refractivity contribution in [3.63, 3.8) is 0 Å². The predicted octanol–water partition coefficient (Wildman–Crippen LogP) is 2.11. The molecular formula is C18H20ClN3O4S. The van der Waals surface area contributed by atoms with Crippen molar-refractivity contribution in [3.05, 3.63) is 64.7 Å². The standard InChI is InChI=1S/C18H20ClN3O4S/c19-15-5-7-16(8-6-15)21-9-11-22(12-10-21)27(25,26)13-14-3-1-2-4-17(14)18(23)20-24/h1-8,24H,9-13H2,(H,20,23). The molecule has 27 heavy (non-hydrogen) atoms. The van der Waals surface area contributed by atoms with Gasteiger partial charge in [-0.3, -0.25) is 10.0 Å². The summed E-state index contributed by atoms with van der Waals surface area (Å²) in [7, 11) is -3.59. The monoisotopic (exact) mass is 409 g/mol. The highest BCUT2D eigenvalue weighted by Crippen LogP contribution is 2.22. The van der Waals surface area contributed by atoms with Gasteiger partial charge in [-0.15, -0.1) is 0 Å². The van der Waals surface area contributed by atoms with Crippen LogP contribution in [0.4, 0.5) is 5.69 Å². The lowest BCUT2D eigenvalue weighted by molar-refractivity contribution is 0.0705. The molecule has 0 saturated carbocycles. The highest BCUT2D eigenvalue weighted by atomic mass is 35.5. The first-order valence-electron chi connectivity index (χ1n) is 8.41. The van der Waals surface area contributed by atoms with Gasteiger partial charge in [0.2, 0.25) is 10.0 Å². The number of carbonyl (C=O) groups excluding carboxylic acids is 1. The van der Waals surface area contributed by atoms with Gasteiger partial charge in [-0.05, 0) is 35.9 Å². The quantitative estimate of drug-likeness (QED) is 0.583. The predicted molar refractivity (Wildman–Crippen MR) is 104 cm³/mol. The molecule has 0 atom stereocenters. The van der Waals surface area contributed by atoms with E-state index in [1.165, 1.54) is 10.4 Å². The Morgan fingerprint density at radius 2 is 1.67 bits per heavy atom. The maximum atomic E-state index is 12.8. The van der Waals surface area contributed by atoms with E-state index in [1.807, 2.05) is 24.3 Å². The molecule has 0 bridgehead atoms. The second-order valence-electron chi connectivity index (χ2n) is 6.22.